The smallest absolute Gasteiger partial charge is 0.337 e. The summed E-state index contributed by atoms with van der Waals surface area (Å²) in [6.45, 7) is 1.68. The zero-order valence-corrected chi connectivity index (χ0v) is 22.0. The molecule has 1 atom stereocenters. The first-order valence-electron chi connectivity index (χ1n) is 12.0. The maximum absolute atomic E-state index is 12.9. The maximum atomic E-state index is 12.9. The number of aliphatic hydroxyl groups is 1. The van der Waals surface area contributed by atoms with Gasteiger partial charge in [-0.05, 0) is 59.5 Å². The number of halogens is 1. The van der Waals surface area contributed by atoms with Crippen molar-refractivity contribution in [2.45, 2.75) is 29.0 Å². The van der Waals surface area contributed by atoms with Gasteiger partial charge in [-0.1, -0.05) is 66.2 Å². The van der Waals surface area contributed by atoms with Crippen molar-refractivity contribution < 1.29 is 23.4 Å². The molecule has 9 heteroatoms. The quantitative estimate of drug-likeness (QED) is 0.269. The van der Waals surface area contributed by atoms with Crippen LogP contribution in [0.1, 0.15) is 33.2 Å². The fourth-order valence-electron chi connectivity index (χ4n) is 4.05. The summed E-state index contributed by atoms with van der Waals surface area (Å²) in [5.74, 6) is -1.17. The van der Waals surface area contributed by atoms with Crippen LogP contribution in [-0.4, -0.2) is 47.6 Å². The summed E-state index contributed by atoms with van der Waals surface area (Å²) in [6, 6.07) is 26.2. The molecular weight excluding hydrogens is 524 g/mol. The highest BCUT2D eigenvalue weighted by molar-refractivity contribution is 7.91. The van der Waals surface area contributed by atoms with E-state index in [2.05, 4.69) is 9.88 Å². The van der Waals surface area contributed by atoms with E-state index in [0.29, 0.717) is 31.1 Å². The second-order valence-electron chi connectivity index (χ2n) is 8.88. The van der Waals surface area contributed by atoms with E-state index in [1.165, 1.54) is 24.3 Å². The second-order valence-corrected chi connectivity index (χ2v) is 11.2. The van der Waals surface area contributed by atoms with Crippen molar-refractivity contribution in [1.82, 2.24) is 9.88 Å². The zero-order valence-electron chi connectivity index (χ0n) is 20.4. The summed E-state index contributed by atoms with van der Waals surface area (Å²) in [6.07, 6.45) is 0.953. The monoisotopic (exact) mass is 550 g/mol. The fourth-order valence-corrected chi connectivity index (χ4v) is 5.42. The van der Waals surface area contributed by atoms with Crippen LogP contribution in [0.5, 0.6) is 0 Å². The predicted octanol–water partition coefficient (Wildman–Crippen LogP) is 5.04. The van der Waals surface area contributed by atoms with Crippen molar-refractivity contribution in [1.29, 1.82) is 0 Å². The first kappa shape index (κ1) is 27.5. The molecule has 0 aliphatic heterocycles. The molecule has 7 nitrogen and oxygen atoms in total. The van der Waals surface area contributed by atoms with Gasteiger partial charge >= 0.3 is 5.97 Å². The van der Waals surface area contributed by atoms with Crippen LogP contribution >= 0.6 is 11.6 Å². The number of nitrogens with zero attached hydrogens (tertiary/aromatic N) is 2. The average Bonchev–Trinajstić information content (AvgIpc) is 2.92. The lowest BCUT2D eigenvalue weighted by atomic mass is 10.1. The minimum absolute atomic E-state index is 0.0781. The molecule has 0 aliphatic carbocycles. The molecule has 0 radical (unpaired) electrons. The number of carboxylic acids is 1. The SMILES string of the molecule is O=C(O)c1ccc(S(=O)(=O)c2ccc(CCN(Cc3ccccc3)C[C@H](O)c3cccc(Cl)c3)cc2)nc1. The molecule has 0 bridgehead atoms. The van der Waals surface area contributed by atoms with E-state index in [1.54, 1.807) is 24.3 Å². The summed E-state index contributed by atoms with van der Waals surface area (Å²) in [5.41, 5.74) is 2.72. The lowest BCUT2D eigenvalue weighted by Crippen LogP contribution is -2.30. The topological polar surface area (TPSA) is 108 Å². The number of rotatable bonds is 11. The summed E-state index contributed by atoms with van der Waals surface area (Å²) >= 11 is 6.10. The lowest BCUT2D eigenvalue weighted by Gasteiger charge is -2.25. The molecule has 0 fully saturated rings. The van der Waals surface area contributed by atoms with Crippen molar-refractivity contribution in [2.24, 2.45) is 0 Å². The number of aromatic nitrogens is 1. The Morgan fingerprint density at radius 2 is 1.66 bits per heavy atom. The second kappa shape index (κ2) is 12.3. The van der Waals surface area contributed by atoms with Crippen molar-refractivity contribution in [3.63, 3.8) is 0 Å². The van der Waals surface area contributed by atoms with Crippen LogP contribution in [0.4, 0.5) is 0 Å². The minimum atomic E-state index is -3.88. The fraction of sp³-hybridized carbons (Fsp3) is 0.172. The van der Waals surface area contributed by atoms with Gasteiger partial charge in [-0.25, -0.2) is 18.2 Å². The van der Waals surface area contributed by atoms with Crippen molar-refractivity contribution in [3.05, 3.63) is 124 Å². The van der Waals surface area contributed by atoms with Gasteiger partial charge in [-0.2, -0.15) is 0 Å². The van der Waals surface area contributed by atoms with Gasteiger partial charge in [0, 0.05) is 30.9 Å². The van der Waals surface area contributed by atoms with Crippen molar-refractivity contribution >= 4 is 27.4 Å². The Morgan fingerprint density at radius 1 is 0.921 bits per heavy atom. The number of aromatic carboxylic acids is 1. The molecule has 1 aromatic heterocycles. The van der Waals surface area contributed by atoms with E-state index < -0.39 is 21.9 Å². The third-order valence-electron chi connectivity index (χ3n) is 6.12. The Labute approximate surface area is 226 Å². The summed E-state index contributed by atoms with van der Waals surface area (Å²) in [4.78, 5) is 17.1. The van der Waals surface area contributed by atoms with Crippen LogP contribution < -0.4 is 0 Å². The van der Waals surface area contributed by atoms with Gasteiger partial charge in [0.2, 0.25) is 9.84 Å². The number of pyridine rings is 1. The van der Waals surface area contributed by atoms with Gasteiger partial charge in [0.1, 0.15) is 0 Å². The van der Waals surface area contributed by atoms with E-state index in [4.69, 9.17) is 16.7 Å². The molecule has 4 aromatic rings. The summed E-state index contributed by atoms with van der Waals surface area (Å²) < 4.78 is 25.8. The Kier molecular flexibility index (Phi) is 8.91. The van der Waals surface area contributed by atoms with Crippen LogP contribution in [0.2, 0.25) is 5.02 Å². The number of hydrogen-bond donors (Lipinski definition) is 2. The first-order valence-corrected chi connectivity index (χ1v) is 13.8. The Bertz CT molecular complexity index is 1480. The van der Waals surface area contributed by atoms with Gasteiger partial charge in [-0.15, -0.1) is 0 Å². The number of benzene rings is 3. The van der Waals surface area contributed by atoms with E-state index in [-0.39, 0.29) is 15.5 Å². The molecule has 196 valence electrons. The van der Waals surface area contributed by atoms with Crippen molar-refractivity contribution in [2.75, 3.05) is 13.1 Å². The molecule has 3 aromatic carbocycles. The highest BCUT2D eigenvalue weighted by Gasteiger charge is 2.20. The summed E-state index contributed by atoms with van der Waals surface area (Å²) in [5, 5.41) is 20.2. The summed E-state index contributed by atoms with van der Waals surface area (Å²) in [7, 11) is -3.88. The zero-order chi connectivity index (χ0) is 27.1. The molecule has 4 rings (SSSR count). The predicted molar refractivity (Wildman–Crippen MR) is 145 cm³/mol. The standard InChI is InChI=1S/C29H27ClN2O5S/c30-25-8-4-7-23(17-25)27(33)20-32(19-22-5-2-1-3-6-22)16-15-21-9-12-26(13-10-21)38(36,37)28-14-11-24(18-31-28)29(34)35/h1-14,17-18,27,33H,15-16,19-20H2,(H,34,35)/t27-/m0/s1. The van der Waals surface area contributed by atoms with Crippen LogP contribution in [0.25, 0.3) is 0 Å². The number of carbonyl (C=O) groups is 1. The molecule has 0 saturated heterocycles. The van der Waals surface area contributed by atoms with Crippen LogP contribution in [0, 0.1) is 0 Å². The third-order valence-corrected chi connectivity index (χ3v) is 8.04. The molecule has 0 amide bonds. The highest BCUT2D eigenvalue weighted by atomic mass is 35.5. The number of carboxylic acid groups (broad SMARTS) is 1. The number of hydrogen-bond acceptors (Lipinski definition) is 6. The maximum Gasteiger partial charge on any atom is 0.337 e. The van der Waals surface area contributed by atoms with Gasteiger partial charge in [-0.3, -0.25) is 4.90 Å². The van der Waals surface area contributed by atoms with E-state index in [9.17, 15) is 18.3 Å². The largest absolute Gasteiger partial charge is 0.478 e. The Balaban J connectivity index is 1.46. The molecule has 0 aliphatic rings. The van der Waals surface area contributed by atoms with Crippen molar-refractivity contribution in [3.8, 4) is 0 Å². The average molecular weight is 551 g/mol. The lowest BCUT2D eigenvalue weighted by molar-refractivity contribution is 0.0696. The van der Waals surface area contributed by atoms with Crippen LogP contribution in [0.15, 0.2) is 107 Å². The van der Waals surface area contributed by atoms with Gasteiger partial charge in [0.15, 0.2) is 5.03 Å². The van der Waals surface area contributed by atoms with E-state index in [1.807, 2.05) is 42.5 Å². The molecule has 0 spiro atoms. The number of sulfone groups is 1. The molecule has 0 unspecified atom stereocenters. The normalized spacial score (nSPS) is 12.4. The molecule has 38 heavy (non-hydrogen) atoms. The third kappa shape index (κ3) is 7.05. The van der Waals surface area contributed by atoms with Crippen LogP contribution in [0.3, 0.4) is 0 Å². The minimum Gasteiger partial charge on any atom is -0.478 e. The Morgan fingerprint density at radius 3 is 2.29 bits per heavy atom. The number of aliphatic hydroxyl groups excluding tert-OH is 1. The molecular formula is C29H27ClN2O5S. The van der Waals surface area contributed by atoms with Crippen LogP contribution in [-0.2, 0) is 22.8 Å². The highest BCUT2D eigenvalue weighted by Crippen LogP contribution is 2.22. The Hall–Kier alpha value is -3.56. The van der Waals surface area contributed by atoms with E-state index >= 15 is 0 Å². The first-order chi connectivity index (χ1) is 18.2. The molecule has 0 saturated carbocycles. The van der Waals surface area contributed by atoms with Gasteiger partial charge in [0.05, 0.1) is 16.6 Å². The van der Waals surface area contributed by atoms with E-state index in [0.717, 1.165) is 22.9 Å². The molecule has 2 N–H and O–H groups in total. The molecule has 1 heterocycles. The van der Waals surface area contributed by atoms with Gasteiger partial charge < -0.3 is 10.2 Å². The van der Waals surface area contributed by atoms with Gasteiger partial charge in [0.25, 0.3) is 0 Å².